The second kappa shape index (κ2) is 8.58. The van der Waals surface area contributed by atoms with E-state index in [1.165, 1.54) is 0 Å². The molecule has 0 atom stereocenters. The number of rotatable bonds is 9. The second-order valence-corrected chi connectivity index (χ2v) is 4.62. The van der Waals surface area contributed by atoms with Gasteiger partial charge < -0.3 is 15.4 Å². The van der Waals surface area contributed by atoms with Gasteiger partial charge in [-0.05, 0) is 31.6 Å². The van der Waals surface area contributed by atoms with E-state index in [1.54, 1.807) is 7.11 Å². The van der Waals surface area contributed by atoms with Crippen LogP contribution in [0.2, 0.25) is 0 Å². The van der Waals surface area contributed by atoms with Gasteiger partial charge in [0, 0.05) is 20.2 Å². The van der Waals surface area contributed by atoms with Crippen LogP contribution < -0.4 is 10.6 Å². The minimum absolute atomic E-state index is 0.760. The summed E-state index contributed by atoms with van der Waals surface area (Å²) in [5, 5.41) is 6.70. The maximum atomic E-state index is 4.97. The van der Waals surface area contributed by atoms with Crippen LogP contribution in [0.3, 0.4) is 0 Å². The minimum atomic E-state index is 0.760. The molecule has 0 bridgehead atoms. The molecule has 108 valence electrons. The highest BCUT2D eigenvalue weighted by molar-refractivity contribution is 5.73. The number of hydrogen-bond donors (Lipinski definition) is 2. The van der Waals surface area contributed by atoms with E-state index in [4.69, 9.17) is 4.74 Å². The highest BCUT2D eigenvalue weighted by atomic mass is 16.5. The van der Waals surface area contributed by atoms with Crippen LogP contribution >= 0.6 is 0 Å². The summed E-state index contributed by atoms with van der Waals surface area (Å²) < 4.78 is 4.97. The number of benzene rings is 1. The van der Waals surface area contributed by atoms with Gasteiger partial charge in [-0.15, -0.1) is 0 Å². The highest BCUT2D eigenvalue weighted by Crippen LogP contribution is 2.07. The number of aromatic nitrogens is 2. The minimum Gasteiger partial charge on any atom is -0.383 e. The molecule has 0 unspecified atom stereocenters. The zero-order valence-electron chi connectivity index (χ0n) is 11.9. The Morgan fingerprint density at radius 3 is 2.70 bits per heavy atom. The van der Waals surface area contributed by atoms with Crippen molar-refractivity contribution in [1.29, 1.82) is 0 Å². The first kappa shape index (κ1) is 14.8. The Morgan fingerprint density at radius 1 is 1.05 bits per heavy atom. The molecule has 0 aliphatic heterocycles. The number of para-hydroxylation sites is 2. The lowest BCUT2D eigenvalue weighted by molar-refractivity contribution is 0.199. The molecular formula is C15H22N4O. The Labute approximate surface area is 119 Å². The van der Waals surface area contributed by atoms with Gasteiger partial charge in [0.2, 0.25) is 0 Å². The van der Waals surface area contributed by atoms with Crippen LogP contribution in [0.4, 0.5) is 0 Å². The van der Waals surface area contributed by atoms with Gasteiger partial charge in [0.15, 0.2) is 0 Å². The number of hydrogen-bond acceptors (Lipinski definition) is 5. The van der Waals surface area contributed by atoms with Gasteiger partial charge in [-0.25, -0.2) is 4.98 Å². The molecule has 0 amide bonds. The molecule has 0 saturated carbocycles. The highest BCUT2D eigenvalue weighted by Gasteiger charge is 1.98. The Hall–Kier alpha value is -1.56. The summed E-state index contributed by atoms with van der Waals surface area (Å²) >= 11 is 0. The molecule has 0 aliphatic rings. The average molecular weight is 274 g/mol. The Balaban J connectivity index is 1.65. The predicted molar refractivity (Wildman–Crippen MR) is 80.6 cm³/mol. The molecule has 20 heavy (non-hydrogen) atoms. The first-order valence-electron chi connectivity index (χ1n) is 7.01. The Morgan fingerprint density at radius 2 is 1.85 bits per heavy atom. The number of ether oxygens (including phenoxy) is 1. The second-order valence-electron chi connectivity index (χ2n) is 4.62. The third kappa shape index (κ3) is 4.85. The van der Waals surface area contributed by atoms with Gasteiger partial charge in [0.05, 0.1) is 29.5 Å². The fourth-order valence-corrected chi connectivity index (χ4v) is 1.93. The van der Waals surface area contributed by atoms with E-state index in [9.17, 15) is 0 Å². The summed E-state index contributed by atoms with van der Waals surface area (Å²) in [4.78, 5) is 8.98. The van der Waals surface area contributed by atoms with Gasteiger partial charge in [-0.2, -0.15) is 0 Å². The zero-order chi connectivity index (χ0) is 14.0. The van der Waals surface area contributed by atoms with Gasteiger partial charge in [0.1, 0.15) is 0 Å². The lowest BCUT2D eigenvalue weighted by Gasteiger charge is -2.06. The number of nitrogens with one attached hydrogen (secondary N) is 2. The topological polar surface area (TPSA) is 59.1 Å². The maximum Gasteiger partial charge on any atom is 0.0890 e. The summed E-state index contributed by atoms with van der Waals surface area (Å²) in [6.07, 6.45) is 2.93. The quantitative estimate of drug-likeness (QED) is 0.676. The van der Waals surface area contributed by atoms with E-state index >= 15 is 0 Å². The van der Waals surface area contributed by atoms with Gasteiger partial charge in [-0.3, -0.25) is 4.98 Å². The molecule has 5 nitrogen and oxygen atoms in total. The average Bonchev–Trinajstić information content (AvgIpc) is 2.50. The van der Waals surface area contributed by atoms with Crippen molar-refractivity contribution in [2.45, 2.75) is 13.0 Å². The van der Waals surface area contributed by atoms with Gasteiger partial charge in [0.25, 0.3) is 0 Å². The van der Waals surface area contributed by atoms with Crippen LogP contribution in [0.1, 0.15) is 12.1 Å². The molecular weight excluding hydrogens is 252 g/mol. The molecule has 0 aliphatic carbocycles. The smallest absolute Gasteiger partial charge is 0.0890 e. The molecule has 2 aromatic rings. The van der Waals surface area contributed by atoms with Crippen LogP contribution in [0.15, 0.2) is 30.5 Å². The van der Waals surface area contributed by atoms with Crippen molar-refractivity contribution in [3.63, 3.8) is 0 Å². The zero-order valence-corrected chi connectivity index (χ0v) is 11.9. The van der Waals surface area contributed by atoms with Crippen molar-refractivity contribution >= 4 is 11.0 Å². The molecule has 5 heteroatoms. The molecule has 0 fully saturated rings. The van der Waals surface area contributed by atoms with Gasteiger partial charge >= 0.3 is 0 Å². The summed E-state index contributed by atoms with van der Waals surface area (Å²) in [6.45, 7) is 4.40. The molecule has 1 aromatic heterocycles. The SMILES string of the molecule is COCCNCCCNCc1cnc2ccccc2n1. The Kier molecular flexibility index (Phi) is 6.37. The van der Waals surface area contributed by atoms with Crippen LogP contribution in [0.5, 0.6) is 0 Å². The van der Waals surface area contributed by atoms with Crippen molar-refractivity contribution in [1.82, 2.24) is 20.6 Å². The third-order valence-corrected chi connectivity index (χ3v) is 2.99. The van der Waals surface area contributed by atoms with Crippen molar-refractivity contribution < 1.29 is 4.74 Å². The predicted octanol–water partition coefficient (Wildman–Crippen LogP) is 1.35. The van der Waals surface area contributed by atoms with Crippen molar-refractivity contribution in [2.75, 3.05) is 33.4 Å². The summed E-state index contributed by atoms with van der Waals surface area (Å²) in [5.41, 5.74) is 2.88. The van der Waals surface area contributed by atoms with Crippen LogP contribution in [-0.2, 0) is 11.3 Å². The number of nitrogens with zero attached hydrogens (tertiary/aromatic N) is 2. The summed E-state index contributed by atoms with van der Waals surface area (Å²) in [7, 11) is 1.72. The fraction of sp³-hybridized carbons (Fsp3) is 0.467. The fourth-order valence-electron chi connectivity index (χ4n) is 1.93. The lowest BCUT2D eigenvalue weighted by Crippen LogP contribution is -2.24. The van der Waals surface area contributed by atoms with E-state index in [0.29, 0.717) is 0 Å². The summed E-state index contributed by atoms with van der Waals surface area (Å²) in [5.74, 6) is 0. The molecule has 0 radical (unpaired) electrons. The molecule has 2 rings (SSSR count). The standard InChI is InChI=1S/C15H22N4O/c1-20-10-9-16-7-4-8-17-11-13-12-18-14-5-2-3-6-15(14)19-13/h2-3,5-6,12,16-17H,4,7-11H2,1H3. The Bertz CT molecular complexity index is 518. The van der Waals surface area contributed by atoms with Crippen molar-refractivity contribution in [2.24, 2.45) is 0 Å². The number of fused-ring (bicyclic) bond motifs is 1. The van der Waals surface area contributed by atoms with Crippen LogP contribution in [0, 0.1) is 0 Å². The largest absolute Gasteiger partial charge is 0.383 e. The van der Waals surface area contributed by atoms with Crippen LogP contribution in [0.25, 0.3) is 11.0 Å². The van der Waals surface area contributed by atoms with Crippen molar-refractivity contribution in [3.05, 3.63) is 36.2 Å². The van der Waals surface area contributed by atoms with E-state index in [1.807, 2.05) is 30.5 Å². The molecule has 1 heterocycles. The monoisotopic (exact) mass is 274 g/mol. The lowest BCUT2D eigenvalue weighted by atomic mass is 10.3. The van der Waals surface area contributed by atoms with Crippen LogP contribution in [-0.4, -0.2) is 43.3 Å². The van der Waals surface area contributed by atoms with E-state index < -0.39 is 0 Å². The first-order chi connectivity index (χ1) is 9.90. The third-order valence-electron chi connectivity index (χ3n) is 2.99. The summed E-state index contributed by atoms with van der Waals surface area (Å²) in [6, 6.07) is 7.93. The van der Waals surface area contributed by atoms with Gasteiger partial charge in [-0.1, -0.05) is 12.1 Å². The van der Waals surface area contributed by atoms with Crippen molar-refractivity contribution in [3.8, 4) is 0 Å². The van der Waals surface area contributed by atoms with E-state index in [-0.39, 0.29) is 0 Å². The first-order valence-corrected chi connectivity index (χ1v) is 7.01. The van der Waals surface area contributed by atoms with E-state index in [2.05, 4.69) is 20.6 Å². The number of methoxy groups -OCH3 is 1. The maximum absolute atomic E-state index is 4.97. The molecule has 0 saturated heterocycles. The molecule has 1 aromatic carbocycles. The molecule has 0 spiro atoms. The molecule has 2 N–H and O–H groups in total. The van der Waals surface area contributed by atoms with E-state index in [0.717, 1.165) is 55.9 Å². The normalized spacial score (nSPS) is 11.1.